The van der Waals surface area contributed by atoms with Crippen molar-refractivity contribution in [3.8, 4) is 5.75 Å². The molecule has 1 atom stereocenters. The first-order valence-corrected chi connectivity index (χ1v) is 10.2. The molecule has 0 aliphatic carbocycles. The SMILES string of the molecule is CCOC(=O)N1CCc2c(sc3c2C(=O)N[C@@H](c2cc(O)ccc2Br)N3)C1. The lowest BCUT2D eigenvalue weighted by Crippen LogP contribution is -2.39. The molecule has 0 saturated heterocycles. The molecule has 7 nitrogen and oxygen atoms in total. The molecule has 3 N–H and O–H groups in total. The number of aromatic hydroxyl groups is 1. The molecule has 0 fully saturated rings. The number of rotatable bonds is 2. The Morgan fingerprint density at radius 1 is 1.44 bits per heavy atom. The molecule has 3 heterocycles. The third-order valence-electron chi connectivity index (χ3n) is 4.65. The van der Waals surface area contributed by atoms with Crippen LogP contribution in [0.4, 0.5) is 9.80 Å². The van der Waals surface area contributed by atoms with Gasteiger partial charge in [-0.25, -0.2) is 4.79 Å². The Kier molecular flexibility index (Phi) is 4.73. The van der Waals surface area contributed by atoms with Crippen molar-refractivity contribution in [2.45, 2.75) is 26.1 Å². The van der Waals surface area contributed by atoms with E-state index in [1.54, 1.807) is 30.0 Å². The summed E-state index contributed by atoms with van der Waals surface area (Å²) in [6, 6.07) is 4.94. The average molecular weight is 452 g/mol. The molecule has 0 radical (unpaired) electrons. The van der Waals surface area contributed by atoms with Gasteiger partial charge in [-0.3, -0.25) is 4.79 Å². The van der Waals surface area contributed by atoms with E-state index in [0.29, 0.717) is 31.7 Å². The van der Waals surface area contributed by atoms with E-state index in [9.17, 15) is 14.7 Å². The van der Waals surface area contributed by atoms with E-state index in [4.69, 9.17) is 4.74 Å². The van der Waals surface area contributed by atoms with Gasteiger partial charge in [0.25, 0.3) is 5.91 Å². The lowest BCUT2D eigenvalue weighted by Gasteiger charge is -2.28. The van der Waals surface area contributed by atoms with Gasteiger partial charge in [0, 0.05) is 21.5 Å². The number of fused-ring (bicyclic) bond motifs is 3. The Labute approximate surface area is 168 Å². The lowest BCUT2D eigenvalue weighted by molar-refractivity contribution is 0.0934. The Morgan fingerprint density at radius 3 is 3.04 bits per heavy atom. The Hall–Kier alpha value is -2.26. The van der Waals surface area contributed by atoms with Gasteiger partial charge in [-0.1, -0.05) is 15.9 Å². The van der Waals surface area contributed by atoms with Crippen LogP contribution in [0.25, 0.3) is 0 Å². The zero-order valence-electron chi connectivity index (χ0n) is 14.5. The number of hydrogen-bond acceptors (Lipinski definition) is 6. The predicted octanol–water partition coefficient (Wildman–Crippen LogP) is 3.58. The first kappa shape index (κ1) is 18.1. The van der Waals surface area contributed by atoms with Gasteiger partial charge in [0.1, 0.15) is 16.9 Å². The summed E-state index contributed by atoms with van der Waals surface area (Å²) in [5.74, 6) is -0.0170. The van der Waals surface area contributed by atoms with Crippen LogP contribution in [0.3, 0.4) is 0 Å². The summed E-state index contributed by atoms with van der Waals surface area (Å²) in [5.41, 5.74) is 2.40. The van der Waals surface area contributed by atoms with Crippen molar-refractivity contribution in [3.63, 3.8) is 0 Å². The molecule has 27 heavy (non-hydrogen) atoms. The highest BCUT2D eigenvalue weighted by Gasteiger charge is 2.35. The van der Waals surface area contributed by atoms with E-state index >= 15 is 0 Å². The summed E-state index contributed by atoms with van der Waals surface area (Å²) in [4.78, 5) is 27.5. The van der Waals surface area contributed by atoms with Gasteiger partial charge >= 0.3 is 6.09 Å². The summed E-state index contributed by atoms with van der Waals surface area (Å²) in [6.07, 6.45) is -0.156. The van der Waals surface area contributed by atoms with Crippen LogP contribution in [0.1, 0.15) is 39.5 Å². The van der Waals surface area contributed by atoms with E-state index in [2.05, 4.69) is 26.6 Å². The van der Waals surface area contributed by atoms with Crippen molar-refractivity contribution in [2.24, 2.45) is 0 Å². The molecule has 0 spiro atoms. The number of carbonyl (C=O) groups excluding carboxylic acids is 2. The normalized spacial score (nSPS) is 18.2. The number of benzene rings is 1. The molecule has 0 unspecified atom stereocenters. The zero-order valence-corrected chi connectivity index (χ0v) is 16.9. The summed E-state index contributed by atoms with van der Waals surface area (Å²) >= 11 is 4.95. The molecular weight excluding hydrogens is 434 g/mol. The van der Waals surface area contributed by atoms with Gasteiger partial charge < -0.3 is 25.4 Å². The first-order chi connectivity index (χ1) is 13.0. The van der Waals surface area contributed by atoms with E-state index < -0.39 is 6.17 Å². The maximum atomic E-state index is 12.8. The Bertz CT molecular complexity index is 930. The molecule has 142 valence electrons. The predicted molar refractivity (Wildman–Crippen MR) is 105 cm³/mol. The number of amides is 2. The minimum absolute atomic E-state index is 0.130. The summed E-state index contributed by atoms with van der Waals surface area (Å²) < 4.78 is 5.87. The largest absolute Gasteiger partial charge is 0.508 e. The highest BCUT2D eigenvalue weighted by molar-refractivity contribution is 9.10. The molecule has 2 amide bonds. The van der Waals surface area contributed by atoms with Crippen molar-refractivity contribution in [3.05, 3.63) is 44.2 Å². The quantitative estimate of drug-likeness (QED) is 0.648. The van der Waals surface area contributed by atoms with E-state index in [1.165, 1.54) is 11.3 Å². The standard InChI is InChI=1S/C18H18BrN3O4S/c1-2-26-18(25)22-6-5-10-13(8-22)27-17-14(10)16(24)20-15(21-17)11-7-9(23)3-4-12(11)19/h3-4,7,15,21,23H,2,5-6,8H2,1H3,(H,20,24)/t15-/m1/s1. The number of hydrogen-bond donors (Lipinski definition) is 3. The number of halogens is 1. The summed E-state index contributed by atoms with van der Waals surface area (Å²) in [5, 5.41) is 16.9. The number of phenols is 1. The van der Waals surface area contributed by atoms with Crippen molar-refractivity contribution in [2.75, 3.05) is 18.5 Å². The molecular formula is C18H18BrN3O4S. The van der Waals surface area contributed by atoms with Crippen LogP contribution in [0.15, 0.2) is 22.7 Å². The van der Waals surface area contributed by atoms with Crippen LogP contribution in [0, 0.1) is 0 Å². The first-order valence-electron chi connectivity index (χ1n) is 8.60. The zero-order chi connectivity index (χ0) is 19.1. The van der Waals surface area contributed by atoms with E-state index in [0.717, 1.165) is 25.5 Å². The molecule has 1 aromatic carbocycles. The molecule has 0 bridgehead atoms. The third kappa shape index (κ3) is 3.25. The molecule has 0 saturated carbocycles. The second-order valence-electron chi connectivity index (χ2n) is 6.34. The van der Waals surface area contributed by atoms with E-state index in [1.807, 2.05) is 0 Å². The van der Waals surface area contributed by atoms with Crippen molar-refractivity contribution in [1.29, 1.82) is 0 Å². The molecule has 1 aromatic heterocycles. The maximum absolute atomic E-state index is 12.8. The topological polar surface area (TPSA) is 90.9 Å². The van der Waals surface area contributed by atoms with Gasteiger partial charge in [-0.05, 0) is 37.1 Å². The number of anilines is 1. The molecule has 2 aliphatic heterocycles. The molecule has 2 aromatic rings. The van der Waals surface area contributed by atoms with Gasteiger partial charge in [-0.2, -0.15) is 0 Å². The number of carbonyl (C=O) groups is 2. The van der Waals surface area contributed by atoms with Crippen LogP contribution in [0.5, 0.6) is 5.75 Å². The minimum Gasteiger partial charge on any atom is -0.508 e. The van der Waals surface area contributed by atoms with Crippen molar-refractivity contribution in [1.82, 2.24) is 10.2 Å². The number of nitrogens with one attached hydrogen (secondary N) is 2. The fraction of sp³-hybridized carbons (Fsp3) is 0.333. The average Bonchev–Trinajstić information content (AvgIpc) is 3.01. The summed E-state index contributed by atoms with van der Waals surface area (Å²) in [7, 11) is 0. The summed E-state index contributed by atoms with van der Waals surface area (Å²) in [6.45, 7) is 3.10. The third-order valence-corrected chi connectivity index (χ3v) is 6.52. The van der Waals surface area contributed by atoms with Gasteiger partial charge in [0.15, 0.2) is 0 Å². The molecule has 4 rings (SSSR count). The second kappa shape index (κ2) is 7.05. The number of ether oxygens (including phenoxy) is 1. The Morgan fingerprint density at radius 2 is 2.26 bits per heavy atom. The van der Waals surface area contributed by atoms with Crippen LogP contribution in [-0.2, 0) is 17.7 Å². The fourth-order valence-electron chi connectivity index (χ4n) is 3.39. The van der Waals surface area contributed by atoms with Gasteiger partial charge in [0.2, 0.25) is 0 Å². The van der Waals surface area contributed by atoms with Crippen molar-refractivity contribution < 1.29 is 19.4 Å². The minimum atomic E-state index is -0.451. The second-order valence-corrected chi connectivity index (χ2v) is 8.29. The number of thiophene rings is 1. The lowest BCUT2D eigenvalue weighted by atomic mass is 10.0. The fourth-order valence-corrected chi connectivity index (χ4v) is 5.16. The Balaban J connectivity index is 1.63. The molecule has 9 heteroatoms. The number of nitrogens with zero attached hydrogens (tertiary/aromatic N) is 1. The number of phenolic OH excluding ortho intramolecular Hbond substituents is 1. The smallest absolute Gasteiger partial charge is 0.410 e. The van der Waals surface area contributed by atoms with Crippen LogP contribution >= 0.6 is 27.3 Å². The van der Waals surface area contributed by atoms with Crippen LogP contribution in [-0.4, -0.2) is 35.2 Å². The maximum Gasteiger partial charge on any atom is 0.410 e. The van der Waals surface area contributed by atoms with Crippen LogP contribution in [0.2, 0.25) is 0 Å². The highest BCUT2D eigenvalue weighted by atomic mass is 79.9. The van der Waals surface area contributed by atoms with Crippen LogP contribution < -0.4 is 10.6 Å². The van der Waals surface area contributed by atoms with Gasteiger partial charge in [-0.15, -0.1) is 11.3 Å². The highest BCUT2D eigenvalue weighted by Crippen LogP contribution is 2.41. The monoisotopic (exact) mass is 451 g/mol. The van der Waals surface area contributed by atoms with Gasteiger partial charge in [0.05, 0.1) is 18.7 Å². The molecule has 2 aliphatic rings. The van der Waals surface area contributed by atoms with Crippen molar-refractivity contribution >= 4 is 44.3 Å². The van der Waals surface area contributed by atoms with E-state index in [-0.39, 0.29) is 17.7 Å².